The molecule has 14 atom stereocenters. The minimum absolute atomic E-state index is 0.00613. The molecule has 55 heavy (non-hydrogen) atoms. The number of carbonyl (C=O) groups excluding carboxylic acids is 4. The number of Topliss-reactive ketones (excluding diaryl/α,β-unsaturated/α-hetero) is 2. The summed E-state index contributed by atoms with van der Waals surface area (Å²) in [5, 5.41) is 45.1. The van der Waals surface area contributed by atoms with E-state index in [1.807, 2.05) is 39.8 Å². The molecule has 0 spiro atoms. The molecule has 0 aromatic heterocycles. The van der Waals surface area contributed by atoms with E-state index < -0.39 is 83.9 Å². The second-order valence-corrected chi connectivity index (χ2v) is 16.9. The van der Waals surface area contributed by atoms with Crippen LogP contribution < -0.4 is 0 Å². The summed E-state index contributed by atoms with van der Waals surface area (Å²) < 4.78 is 23.3. The van der Waals surface area contributed by atoms with Gasteiger partial charge >= 0.3 is 5.97 Å². The predicted molar refractivity (Wildman–Crippen MR) is 203 cm³/mol. The molecule has 0 aromatic rings. The topological polar surface area (TPSA) is 189 Å². The molecule has 2 saturated heterocycles. The largest absolute Gasteiger partial charge is 0.456 e. The molecular weight excluding hydrogens is 710 g/mol. The average molecular weight is 778 g/mol. The maximum absolute atomic E-state index is 14.2. The van der Waals surface area contributed by atoms with Gasteiger partial charge in [-0.1, -0.05) is 45.4 Å². The molecule has 2 bridgehead atoms. The zero-order valence-electron chi connectivity index (χ0n) is 34.1. The Morgan fingerprint density at radius 2 is 1.64 bits per heavy atom. The molecule has 4 aliphatic rings. The highest BCUT2D eigenvalue weighted by Gasteiger charge is 2.57. The summed E-state index contributed by atoms with van der Waals surface area (Å²) in [6.07, 6.45) is 2.46. The summed E-state index contributed by atoms with van der Waals surface area (Å²) >= 11 is 0. The standard InChI is InChI=1S/C42H67NO12/c1-9-29-17-23(2)16-24(3)18-35(53-8)37(47)36-20-26(5)42(51,55-36)39(48)40(49)43-15-11-10-12-30(43)41(50)54-38(27(6)32(45)22-33(29)46)25(4)19-28-13-14-31(44)34(21-28)52-7/h17,19,24,26-32,34-38,44-45,47,51H,9-16,18,20-22H2,1-8H3/b23-17+,25-19+/t24-,26+,27+,28-,29+,30+,31+,32-,34+,35-,36+,37+,38+,42?/m0/s1. The summed E-state index contributed by atoms with van der Waals surface area (Å²) in [4.78, 5) is 56.9. The Bertz CT molecular complexity index is 1410. The van der Waals surface area contributed by atoms with Gasteiger partial charge in [0.2, 0.25) is 5.79 Å². The van der Waals surface area contributed by atoms with E-state index in [4.69, 9.17) is 18.9 Å². The second kappa shape index (κ2) is 19.8. The highest BCUT2D eigenvalue weighted by atomic mass is 16.7. The van der Waals surface area contributed by atoms with Crippen LogP contribution in [0.2, 0.25) is 0 Å². The van der Waals surface area contributed by atoms with Crippen molar-refractivity contribution < 1.29 is 58.6 Å². The lowest BCUT2D eigenvalue weighted by atomic mass is 9.81. The lowest BCUT2D eigenvalue weighted by Gasteiger charge is -2.38. The molecule has 3 fully saturated rings. The van der Waals surface area contributed by atoms with Crippen LogP contribution in [0.1, 0.15) is 112 Å². The molecule has 4 rings (SSSR count). The zero-order chi connectivity index (χ0) is 40.8. The zero-order valence-corrected chi connectivity index (χ0v) is 34.1. The number of rotatable bonds is 5. The van der Waals surface area contributed by atoms with Gasteiger partial charge in [0, 0.05) is 44.9 Å². The molecule has 13 heteroatoms. The smallest absolute Gasteiger partial charge is 0.329 e. The number of allylic oxidation sites excluding steroid dienone is 3. The van der Waals surface area contributed by atoms with Crippen molar-refractivity contribution in [1.29, 1.82) is 0 Å². The lowest BCUT2D eigenvalue weighted by molar-refractivity contribution is -0.225. The maximum atomic E-state index is 14.2. The molecule has 3 aliphatic heterocycles. The Hall–Kier alpha value is -2.52. The van der Waals surface area contributed by atoms with Gasteiger partial charge < -0.3 is 44.3 Å². The number of fused-ring (bicyclic) bond motifs is 3. The molecule has 0 radical (unpaired) electrons. The fourth-order valence-corrected chi connectivity index (χ4v) is 9.17. The number of esters is 1. The van der Waals surface area contributed by atoms with Crippen LogP contribution in [0.15, 0.2) is 23.3 Å². The van der Waals surface area contributed by atoms with E-state index >= 15 is 0 Å². The summed E-state index contributed by atoms with van der Waals surface area (Å²) in [7, 11) is 3.03. The molecule has 1 amide bonds. The van der Waals surface area contributed by atoms with Crippen molar-refractivity contribution in [3.8, 4) is 0 Å². The van der Waals surface area contributed by atoms with E-state index in [1.165, 1.54) is 7.11 Å². The monoisotopic (exact) mass is 777 g/mol. The Labute approximate surface area is 326 Å². The third-order valence-corrected chi connectivity index (χ3v) is 12.6. The van der Waals surface area contributed by atoms with Gasteiger partial charge in [0.25, 0.3) is 11.7 Å². The van der Waals surface area contributed by atoms with Crippen molar-refractivity contribution in [2.75, 3.05) is 20.8 Å². The number of piperidine rings is 1. The number of hydrogen-bond donors (Lipinski definition) is 4. The fraction of sp³-hybridized carbons (Fsp3) is 0.810. The molecule has 13 nitrogen and oxygen atoms in total. The number of cyclic esters (lactones) is 1. The summed E-state index contributed by atoms with van der Waals surface area (Å²) in [6, 6.07) is -1.15. The predicted octanol–water partition coefficient (Wildman–Crippen LogP) is 3.82. The van der Waals surface area contributed by atoms with E-state index in [2.05, 4.69) is 0 Å². The number of ether oxygens (including phenoxy) is 4. The number of carbonyl (C=O) groups is 4. The van der Waals surface area contributed by atoms with Crippen LogP contribution in [-0.2, 0) is 38.1 Å². The number of methoxy groups -OCH3 is 2. The minimum atomic E-state index is -2.52. The van der Waals surface area contributed by atoms with Crippen LogP contribution in [0.3, 0.4) is 0 Å². The van der Waals surface area contributed by atoms with Crippen molar-refractivity contribution in [3.63, 3.8) is 0 Å². The minimum Gasteiger partial charge on any atom is -0.456 e. The average Bonchev–Trinajstić information content (AvgIpc) is 3.47. The van der Waals surface area contributed by atoms with Crippen LogP contribution in [0.4, 0.5) is 0 Å². The SMILES string of the molecule is CC[C@@H]1/C=C(\C)C[C@H](C)C[C@H](OC)[C@@H](O)[C@H]2C[C@@H](C)C(O)(O2)C(=O)C(=O)N2CCCC[C@@H]2C(=O)O[C@H](/C(C)=C/[C@@H]2CC[C@@H](O)[C@H](OC)C2)[C@H](C)[C@@H](O)CC1=O. The van der Waals surface area contributed by atoms with Gasteiger partial charge in [-0.15, -0.1) is 0 Å². The normalized spacial score (nSPS) is 42.1. The highest BCUT2D eigenvalue weighted by Crippen LogP contribution is 2.39. The molecule has 312 valence electrons. The molecule has 1 saturated carbocycles. The van der Waals surface area contributed by atoms with Gasteiger partial charge in [0.1, 0.15) is 24.0 Å². The number of aliphatic hydroxyl groups is 4. The van der Waals surface area contributed by atoms with E-state index in [-0.39, 0.29) is 49.5 Å². The number of hydrogen-bond acceptors (Lipinski definition) is 12. The van der Waals surface area contributed by atoms with Gasteiger partial charge in [0.15, 0.2) is 0 Å². The van der Waals surface area contributed by atoms with Gasteiger partial charge in [-0.3, -0.25) is 14.4 Å². The van der Waals surface area contributed by atoms with Crippen LogP contribution >= 0.6 is 0 Å². The Morgan fingerprint density at radius 1 is 0.945 bits per heavy atom. The van der Waals surface area contributed by atoms with Gasteiger partial charge in [-0.05, 0) is 95.5 Å². The van der Waals surface area contributed by atoms with Crippen LogP contribution in [0.25, 0.3) is 0 Å². The fourth-order valence-electron chi connectivity index (χ4n) is 9.17. The number of aliphatic hydroxyl groups excluding tert-OH is 3. The van der Waals surface area contributed by atoms with Gasteiger partial charge in [-0.2, -0.15) is 0 Å². The third kappa shape index (κ3) is 10.7. The first-order chi connectivity index (χ1) is 25.9. The summed E-state index contributed by atoms with van der Waals surface area (Å²) in [5.41, 5.74) is 1.63. The number of nitrogens with zero attached hydrogens (tertiary/aromatic N) is 1. The van der Waals surface area contributed by atoms with E-state index in [1.54, 1.807) is 21.0 Å². The quantitative estimate of drug-likeness (QED) is 0.180. The molecule has 0 aromatic carbocycles. The van der Waals surface area contributed by atoms with E-state index in [0.29, 0.717) is 56.9 Å². The van der Waals surface area contributed by atoms with Crippen LogP contribution in [0, 0.1) is 29.6 Å². The number of ketones is 2. The summed E-state index contributed by atoms with van der Waals surface area (Å²) in [6.45, 7) is 11.1. The van der Waals surface area contributed by atoms with Crippen LogP contribution in [-0.4, -0.2) is 124 Å². The third-order valence-electron chi connectivity index (χ3n) is 12.6. The van der Waals surface area contributed by atoms with Crippen molar-refractivity contribution in [3.05, 3.63) is 23.3 Å². The Kier molecular flexibility index (Phi) is 16.2. The molecular formula is C42H67NO12. The Balaban J connectivity index is 1.73. The number of amides is 1. The van der Waals surface area contributed by atoms with Gasteiger partial charge in [-0.25, -0.2) is 4.79 Å². The van der Waals surface area contributed by atoms with Crippen LogP contribution in [0.5, 0.6) is 0 Å². The summed E-state index contributed by atoms with van der Waals surface area (Å²) in [5.74, 6) is -7.73. The second-order valence-electron chi connectivity index (χ2n) is 16.9. The Morgan fingerprint density at radius 3 is 2.29 bits per heavy atom. The van der Waals surface area contributed by atoms with E-state index in [9.17, 15) is 39.6 Å². The molecule has 1 aliphatic carbocycles. The van der Waals surface area contributed by atoms with Crippen molar-refractivity contribution in [2.45, 2.75) is 167 Å². The van der Waals surface area contributed by atoms with Crippen molar-refractivity contribution in [1.82, 2.24) is 4.90 Å². The van der Waals surface area contributed by atoms with Gasteiger partial charge in [0.05, 0.1) is 30.5 Å². The lowest BCUT2D eigenvalue weighted by Crippen LogP contribution is -2.57. The maximum Gasteiger partial charge on any atom is 0.329 e. The van der Waals surface area contributed by atoms with Crippen molar-refractivity contribution in [2.24, 2.45) is 29.6 Å². The first kappa shape index (κ1) is 45.2. The van der Waals surface area contributed by atoms with E-state index in [0.717, 1.165) is 10.5 Å². The molecule has 3 heterocycles. The van der Waals surface area contributed by atoms with Crippen molar-refractivity contribution >= 4 is 23.4 Å². The molecule has 1 unspecified atom stereocenters. The molecule has 4 N–H and O–H groups in total. The first-order valence-electron chi connectivity index (χ1n) is 20.4. The first-order valence-corrected chi connectivity index (χ1v) is 20.4. The highest BCUT2D eigenvalue weighted by molar-refractivity contribution is 6.39.